The molecule has 0 aromatic heterocycles. The molecule has 1 amide bonds. The summed E-state index contributed by atoms with van der Waals surface area (Å²) in [5.74, 6) is -2.36. The lowest BCUT2D eigenvalue weighted by atomic mass is 10.1. The lowest BCUT2D eigenvalue weighted by Crippen LogP contribution is -2.45. The van der Waals surface area contributed by atoms with Crippen molar-refractivity contribution >= 4 is 21.6 Å². The van der Waals surface area contributed by atoms with E-state index in [9.17, 15) is 22.0 Å². The van der Waals surface area contributed by atoms with Crippen LogP contribution in [0.2, 0.25) is 0 Å². The molecule has 0 unspecified atom stereocenters. The average molecular weight is 459 g/mol. The van der Waals surface area contributed by atoms with Crippen molar-refractivity contribution in [1.82, 2.24) is 4.72 Å². The lowest BCUT2D eigenvalue weighted by molar-refractivity contribution is -0.117. The maximum Gasteiger partial charge on any atom is 0.242 e. The summed E-state index contributed by atoms with van der Waals surface area (Å²) in [6.45, 7) is 5.23. The molecule has 0 aliphatic carbocycles. The molecule has 0 heterocycles. The van der Waals surface area contributed by atoms with Gasteiger partial charge in [-0.1, -0.05) is 48.0 Å². The van der Waals surface area contributed by atoms with Crippen molar-refractivity contribution in [3.05, 3.63) is 94.6 Å². The second-order valence-corrected chi connectivity index (χ2v) is 9.36. The van der Waals surface area contributed by atoms with E-state index >= 15 is 0 Å². The molecule has 2 N–H and O–H groups in total. The molecule has 0 fully saturated rings. The fourth-order valence-electron chi connectivity index (χ4n) is 3.69. The van der Waals surface area contributed by atoms with Crippen LogP contribution < -0.4 is 10.0 Å². The van der Waals surface area contributed by atoms with Gasteiger partial charge < -0.3 is 5.32 Å². The Labute approximate surface area is 186 Å². The highest BCUT2D eigenvalue weighted by Gasteiger charge is 2.29. The molecule has 3 aromatic rings. The second kappa shape index (κ2) is 9.58. The van der Waals surface area contributed by atoms with Gasteiger partial charge in [-0.15, -0.1) is 0 Å². The highest BCUT2D eigenvalue weighted by molar-refractivity contribution is 7.89. The van der Waals surface area contributed by atoms with E-state index in [1.807, 2.05) is 6.92 Å². The van der Waals surface area contributed by atoms with Gasteiger partial charge in [0.05, 0.1) is 10.6 Å². The van der Waals surface area contributed by atoms with Gasteiger partial charge >= 0.3 is 0 Å². The topological polar surface area (TPSA) is 75.3 Å². The van der Waals surface area contributed by atoms with E-state index in [1.165, 1.54) is 0 Å². The van der Waals surface area contributed by atoms with E-state index < -0.39 is 33.6 Å². The third-order valence-electron chi connectivity index (χ3n) is 4.96. The Morgan fingerprint density at radius 1 is 0.938 bits per heavy atom. The monoisotopic (exact) mass is 458 g/mol. The van der Waals surface area contributed by atoms with Gasteiger partial charge in [0.25, 0.3) is 0 Å². The Bertz CT molecular complexity index is 1220. The zero-order valence-electron chi connectivity index (χ0n) is 17.9. The van der Waals surface area contributed by atoms with Crippen LogP contribution in [0.5, 0.6) is 0 Å². The molecular formula is C24H24F2N2O3S. The third-order valence-corrected chi connectivity index (χ3v) is 6.73. The Morgan fingerprint density at radius 2 is 1.56 bits per heavy atom. The van der Waals surface area contributed by atoms with Crippen molar-refractivity contribution in [2.45, 2.75) is 38.1 Å². The lowest BCUT2D eigenvalue weighted by Gasteiger charge is -2.21. The number of amides is 1. The quantitative estimate of drug-likeness (QED) is 0.551. The van der Waals surface area contributed by atoms with Crippen LogP contribution in [-0.4, -0.2) is 20.4 Å². The predicted octanol–water partition coefficient (Wildman–Crippen LogP) is 4.42. The van der Waals surface area contributed by atoms with Gasteiger partial charge in [-0.05, 0) is 56.0 Å². The number of sulfonamides is 1. The van der Waals surface area contributed by atoms with Gasteiger partial charge in [0, 0.05) is 6.07 Å². The molecule has 0 radical (unpaired) electrons. The zero-order valence-corrected chi connectivity index (χ0v) is 18.8. The number of benzene rings is 3. The van der Waals surface area contributed by atoms with Gasteiger partial charge in [0.15, 0.2) is 0 Å². The van der Waals surface area contributed by atoms with Crippen LogP contribution >= 0.6 is 0 Å². The Kier molecular flexibility index (Phi) is 7.06. The molecule has 0 aliphatic rings. The van der Waals surface area contributed by atoms with E-state index in [0.717, 1.165) is 23.8 Å². The van der Waals surface area contributed by atoms with E-state index in [1.54, 1.807) is 56.3 Å². The summed E-state index contributed by atoms with van der Waals surface area (Å²) in [5.41, 5.74) is 2.34. The van der Waals surface area contributed by atoms with E-state index in [-0.39, 0.29) is 17.0 Å². The number of anilines is 1. The highest BCUT2D eigenvalue weighted by Crippen LogP contribution is 2.23. The van der Waals surface area contributed by atoms with Gasteiger partial charge in [0.2, 0.25) is 15.9 Å². The fraction of sp³-hybridized carbons (Fsp3) is 0.208. The van der Waals surface area contributed by atoms with Crippen LogP contribution in [0.1, 0.15) is 22.3 Å². The van der Waals surface area contributed by atoms with E-state index in [4.69, 9.17) is 0 Å². The minimum atomic E-state index is -4.09. The number of nitrogens with one attached hydrogen (secondary N) is 2. The SMILES string of the molecule is Cc1cc(C)c(S(=O)(=O)N[C@@H](Cc2ccccc2)C(=O)Nc2cc(F)ccc2F)c(C)c1. The van der Waals surface area contributed by atoms with Crippen LogP contribution in [-0.2, 0) is 21.2 Å². The van der Waals surface area contributed by atoms with Crippen molar-refractivity contribution < 1.29 is 22.0 Å². The largest absolute Gasteiger partial charge is 0.322 e. The van der Waals surface area contributed by atoms with E-state index in [2.05, 4.69) is 10.0 Å². The molecule has 0 spiro atoms. The molecule has 3 aromatic carbocycles. The summed E-state index contributed by atoms with van der Waals surface area (Å²) >= 11 is 0. The minimum Gasteiger partial charge on any atom is -0.322 e. The number of hydrogen-bond donors (Lipinski definition) is 2. The third kappa shape index (κ3) is 5.57. The van der Waals surface area contributed by atoms with Gasteiger partial charge in [-0.2, -0.15) is 4.72 Å². The first kappa shape index (κ1) is 23.6. The molecule has 32 heavy (non-hydrogen) atoms. The molecule has 168 valence electrons. The minimum absolute atomic E-state index is 0.0206. The van der Waals surface area contributed by atoms with E-state index in [0.29, 0.717) is 16.7 Å². The normalized spacial score (nSPS) is 12.4. The van der Waals surface area contributed by atoms with Crippen LogP contribution in [0, 0.1) is 32.4 Å². The van der Waals surface area contributed by atoms with Crippen LogP contribution in [0.3, 0.4) is 0 Å². The summed E-state index contributed by atoms with van der Waals surface area (Å²) in [6.07, 6.45) is 0.0206. The number of hydrogen-bond acceptors (Lipinski definition) is 3. The van der Waals surface area contributed by atoms with Crippen molar-refractivity contribution in [1.29, 1.82) is 0 Å². The summed E-state index contributed by atoms with van der Waals surface area (Å²) in [7, 11) is -4.09. The standard InChI is InChI=1S/C24H24F2N2O3S/c1-15-11-16(2)23(17(3)12-15)32(30,31)28-22(13-18-7-5-4-6-8-18)24(29)27-21-14-19(25)9-10-20(21)26/h4-12,14,22,28H,13H2,1-3H3,(H,27,29)/t22-/m0/s1. The molecule has 5 nitrogen and oxygen atoms in total. The van der Waals surface area contributed by atoms with Gasteiger partial charge in [-0.25, -0.2) is 17.2 Å². The van der Waals surface area contributed by atoms with Crippen molar-refractivity contribution in [2.75, 3.05) is 5.32 Å². The number of carbonyl (C=O) groups is 1. The smallest absolute Gasteiger partial charge is 0.242 e. The summed E-state index contributed by atoms with van der Waals surface area (Å²) in [4.78, 5) is 13.1. The molecule has 0 bridgehead atoms. The average Bonchev–Trinajstić information content (AvgIpc) is 2.69. The molecule has 0 aliphatic heterocycles. The summed E-state index contributed by atoms with van der Waals surface area (Å²) in [5, 5.41) is 2.30. The molecule has 0 saturated carbocycles. The van der Waals surface area contributed by atoms with Crippen molar-refractivity contribution in [3.8, 4) is 0 Å². The van der Waals surface area contributed by atoms with Crippen molar-refractivity contribution in [3.63, 3.8) is 0 Å². The number of halogens is 2. The summed E-state index contributed by atoms with van der Waals surface area (Å²) in [6, 6.07) is 13.7. The zero-order chi connectivity index (χ0) is 23.5. The maximum absolute atomic E-state index is 14.0. The molecule has 3 rings (SSSR count). The Balaban J connectivity index is 1.96. The molecule has 0 saturated heterocycles. The van der Waals surface area contributed by atoms with Crippen LogP contribution in [0.15, 0.2) is 65.6 Å². The maximum atomic E-state index is 14.0. The first-order chi connectivity index (χ1) is 15.1. The molecular weight excluding hydrogens is 434 g/mol. The molecule has 1 atom stereocenters. The van der Waals surface area contributed by atoms with Crippen molar-refractivity contribution in [2.24, 2.45) is 0 Å². The predicted molar refractivity (Wildman–Crippen MR) is 120 cm³/mol. The first-order valence-electron chi connectivity index (χ1n) is 9.97. The van der Waals surface area contributed by atoms with Crippen LogP contribution in [0.25, 0.3) is 0 Å². The Hall–Kier alpha value is -3.10. The first-order valence-corrected chi connectivity index (χ1v) is 11.4. The molecule has 8 heteroatoms. The van der Waals surface area contributed by atoms with Crippen LogP contribution in [0.4, 0.5) is 14.5 Å². The second-order valence-electron chi connectivity index (χ2n) is 7.70. The number of rotatable bonds is 7. The van der Waals surface area contributed by atoms with Gasteiger partial charge in [-0.3, -0.25) is 4.79 Å². The summed E-state index contributed by atoms with van der Waals surface area (Å²) < 4.78 is 56.5. The highest BCUT2D eigenvalue weighted by atomic mass is 32.2. The number of carbonyl (C=O) groups excluding carboxylic acids is 1. The van der Waals surface area contributed by atoms with Gasteiger partial charge in [0.1, 0.15) is 17.7 Å². The number of aryl methyl sites for hydroxylation is 3. The Morgan fingerprint density at radius 3 is 2.19 bits per heavy atom. The fourth-order valence-corrected chi connectivity index (χ4v) is 5.34.